The van der Waals surface area contributed by atoms with Gasteiger partial charge >= 0.3 is 13.6 Å². The Balaban J connectivity index is 2.01. The van der Waals surface area contributed by atoms with Crippen molar-refractivity contribution in [2.45, 2.75) is 13.5 Å². The predicted octanol–water partition coefficient (Wildman–Crippen LogP) is 4.28. The first-order chi connectivity index (χ1) is 11.0. The molecule has 0 spiro atoms. The predicted molar refractivity (Wildman–Crippen MR) is 87.8 cm³/mol. The third-order valence-electron chi connectivity index (χ3n) is 2.92. The second-order valence-corrected chi connectivity index (χ2v) is 6.85. The molecule has 0 aliphatic rings. The second kappa shape index (κ2) is 7.95. The summed E-state index contributed by atoms with van der Waals surface area (Å²) in [5.74, 6) is -0.150. The highest BCUT2D eigenvalue weighted by Crippen LogP contribution is 2.45. The van der Waals surface area contributed by atoms with Crippen molar-refractivity contribution < 1.29 is 23.1 Å². The van der Waals surface area contributed by atoms with Crippen molar-refractivity contribution in [1.29, 1.82) is 0 Å². The van der Waals surface area contributed by atoms with Crippen molar-refractivity contribution in [2.24, 2.45) is 0 Å². The minimum atomic E-state index is -3.30. The van der Waals surface area contributed by atoms with Gasteiger partial charge in [-0.1, -0.05) is 36.4 Å². The van der Waals surface area contributed by atoms with Gasteiger partial charge in [0, 0.05) is 6.66 Å². The van der Waals surface area contributed by atoms with Crippen molar-refractivity contribution in [3.63, 3.8) is 0 Å². The molecule has 0 aliphatic heterocycles. The molecule has 1 unspecified atom stereocenters. The van der Waals surface area contributed by atoms with E-state index in [1.165, 1.54) is 12.7 Å². The van der Waals surface area contributed by atoms with Gasteiger partial charge in [0.05, 0.1) is 18.8 Å². The summed E-state index contributed by atoms with van der Waals surface area (Å²) in [6.07, 6.45) is 0. The van der Waals surface area contributed by atoms with Gasteiger partial charge in [0.25, 0.3) is 0 Å². The average Bonchev–Trinajstić information content (AvgIpc) is 2.54. The summed E-state index contributed by atoms with van der Waals surface area (Å²) >= 11 is 0. The van der Waals surface area contributed by atoms with Gasteiger partial charge in [-0.3, -0.25) is 4.52 Å². The lowest BCUT2D eigenvalue weighted by atomic mass is 10.2. The zero-order valence-electron chi connectivity index (χ0n) is 13.1. The lowest BCUT2D eigenvalue weighted by Crippen LogP contribution is -2.05. The molecule has 0 heterocycles. The van der Waals surface area contributed by atoms with Crippen molar-refractivity contribution >= 4 is 13.6 Å². The van der Waals surface area contributed by atoms with Crippen LogP contribution in [0.15, 0.2) is 54.6 Å². The van der Waals surface area contributed by atoms with E-state index in [0.29, 0.717) is 11.3 Å². The molecule has 6 heteroatoms. The standard InChI is InChI=1S/C17H19O5P/c1-3-20-17(18)15-10-7-11-16(12-15)22-23(2,19)21-13-14-8-5-4-6-9-14/h4-12H,3,13H2,1-2H3. The van der Waals surface area contributed by atoms with Gasteiger partial charge in [0.2, 0.25) is 0 Å². The number of carbonyl (C=O) groups excluding carboxylic acids is 1. The van der Waals surface area contributed by atoms with E-state index in [2.05, 4.69) is 0 Å². The van der Waals surface area contributed by atoms with E-state index < -0.39 is 13.6 Å². The summed E-state index contributed by atoms with van der Waals surface area (Å²) in [6, 6.07) is 15.8. The van der Waals surface area contributed by atoms with Crippen molar-refractivity contribution in [3.05, 3.63) is 65.7 Å². The first-order valence-corrected chi connectivity index (χ1v) is 9.22. The molecule has 5 nitrogen and oxygen atoms in total. The molecule has 2 aromatic rings. The van der Waals surface area contributed by atoms with Crippen LogP contribution in [0.4, 0.5) is 0 Å². The van der Waals surface area contributed by atoms with Gasteiger partial charge in [0.15, 0.2) is 0 Å². The number of rotatable bonds is 7. The van der Waals surface area contributed by atoms with E-state index in [4.69, 9.17) is 13.8 Å². The largest absolute Gasteiger partial charge is 0.462 e. The van der Waals surface area contributed by atoms with E-state index in [-0.39, 0.29) is 13.2 Å². The van der Waals surface area contributed by atoms with E-state index >= 15 is 0 Å². The van der Waals surface area contributed by atoms with E-state index in [0.717, 1.165) is 5.56 Å². The maximum atomic E-state index is 12.4. The molecule has 0 saturated carbocycles. The van der Waals surface area contributed by atoms with Gasteiger partial charge in [0.1, 0.15) is 5.75 Å². The number of hydrogen-bond donors (Lipinski definition) is 0. The number of carbonyl (C=O) groups is 1. The molecular formula is C17H19O5P. The van der Waals surface area contributed by atoms with Crippen LogP contribution in [-0.4, -0.2) is 19.2 Å². The molecule has 23 heavy (non-hydrogen) atoms. The van der Waals surface area contributed by atoms with E-state index in [1.807, 2.05) is 30.3 Å². The maximum Gasteiger partial charge on any atom is 0.376 e. The van der Waals surface area contributed by atoms with Crippen LogP contribution in [0.1, 0.15) is 22.8 Å². The molecular weight excluding hydrogens is 315 g/mol. The number of ether oxygens (including phenoxy) is 1. The normalized spacial score (nSPS) is 13.1. The lowest BCUT2D eigenvalue weighted by Gasteiger charge is -2.15. The quantitative estimate of drug-likeness (QED) is 0.558. The zero-order valence-corrected chi connectivity index (χ0v) is 14.0. The number of esters is 1. The monoisotopic (exact) mass is 334 g/mol. The van der Waals surface area contributed by atoms with Crippen LogP contribution in [0, 0.1) is 0 Å². The van der Waals surface area contributed by atoms with Crippen LogP contribution in [0.3, 0.4) is 0 Å². The third-order valence-corrected chi connectivity index (χ3v) is 4.07. The highest BCUT2D eigenvalue weighted by Gasteiger charge is 2.19. The molecule has 0 N–H and O–H groups in total. The molecule has 0 radical (unpaired) electrons. The van der Waals surface area contributed by atoms with Crippen molar-refractivity contribution in [1.82, 2.24) is 0 Å². The second-order valence-electron chi connectivity index (χ2n) is 4.87. The summed E-state index contributed by atoms with van der Waals surface area (Å²) in [5.41, 5.74) is 1.24. The molecule has 122 valence electrons. The summed E-state index contributed by atoms with van der Waals surface area (Å²) in [4.78, 5) is 11.7. The summed E-state index contributed by atoms with van der Waals surface area (Å²) in [7, 11) is -3.30. The van der Waals surface area contributed by atoms with Gasteiger partial charge in [-0.2, -0.15) is 0 Å². The zero-order chi connectivity index (χ0) is 16.7. The Labute approximate surface area is 135 Å². The van der Waals surface area contributed by atoms with Crippen LogP contribution < -0.4 is 4.52 Å². The van der Waals surface area contributed by atoms with Crippen LogP contribution in [0.5, 0.6) is 5.75 Å². The first-order valence-electron chi connectivity index (χ1n) is 7.23. The summed E-state index contributed by atoms with van der Waals surface area (Å²) in [5, 5.41) is 0. The van der Waals surface area contributed by atoms with Gasteiger partial charge in [-0.25, -0.2) is 9.36 Å². The van der Waals surface area contributed by atoms with E-state index in [9.17, 15) is 9.36 Å². The topological polar surface area (TPSA) is 61.8 Å². The smallest absolute Gasteiger partial charge is 0.376 e. The lowest BCUT2D eigenvalue weighted by molar-refractivity contribution is 0.0526. The molecule has 0 saturated heterocycles. The molecule has 2 rings (SSSR count). The Morgan fingerprint density at radius 2 is 1.83 bits per heavy atom. The molecule has 0 amide bonds. The number of benzene rings is 2. The van der Waals surface area contributed by atoms with Crippen LogP contribution in [0.25, 0.3) is 0 Å². The Morgan fingerprint density at radius 3 is 2.52 bits per heavy atom. The van der Waals surface area contributed by atoms with Crippen molar-refractivity contribution in [2.75, 3.05) is 13.3 Å². The Morgan fingerprint density at radius 1 is 1.09 bits per heavy atom. The highest BCUT2D eigenvalue weighted by atomic mass is 31.2. The summed E-state index contributed by atoms with van der Waals surface area (Å²) in [6.45, 7) is 3.60. The fourth-order valence-electron chi connectivity index (χ4n) is 1.88. The molecule has 0 aromatic heterocycles. The van der Waals surface area contributed by atoms with Gasteiger partial charge < -0.3 is 9.26 Å². The Kier molecular flexibility index (Phi) is 5.97. The minimum absolute atomic E-state index is 0.187. The number of hydrogen-bond acceptors (Lipinski definition) is 5. The van der Waals surface area contributed by atoms with Gasteiger partial charge in [-0.15, -0.1) is 0 Å². The van der Waals surface area contributed by atoms with Crippen molar-refractivity contribution in [3.8, 4) is 5.75 Å². The van der Waals surface area contributed by atoms with Crippen LogP contribution >= 0.6 is 7.60 Å². The average molecular weight is 334 g/mol. The molecule has 0 aliphatic carbocycles. The van der Waals surface area contributed by atoms with Gasteiger partial charge in [-0.05, 0) is 30.7 Å². The molecule has 1 atom stereocenters. The van der Waals surface area contributed by atoms with E-state index in [1.54, 1.807) is 25.1 Å². The molecule has 2 aromatic carbocycles. The maximum absolute atomic E-state index is 12.4. The van der Waals surface area contributed by atoms with Crippen LogP contribution in [0.2, 0.25) is 0 Å². The highest BCUT2D eigenvalue weighted by molar-refractivity contribution is 7.53. The fourth-order valence-corrected chi connectivity index (χ4v) is 2.81. The molecule has 0 fully saturated rings. The SMILES string of the molecule is CCOC(=O)c1cccc(OP(C)(=O)OCc2ccccc2)c1. The first kappa shape index (κ1) is 17.3. The Bertz CT molecular complexity index is 699. The third kappa shape index (κ3) is 5.55. The molecule has 0 bridgehead atoms. The fraction of sp³-hybridized carbons (Fsp3) is 0.235. The minimum Gasteiger partial charge on any atom is -0.462 e. The Hall–Kier alpha value is -2.10. The van der Waals surface area contributed by atoms with Crippen LogP contribution in [-0.2, 0) is 20.4 Å². The summed E-state index contributed by atoms with van der Waals surface area (Å²) < 4.78 is 28.1.